The summed E-state index contributed by atoms with van der Waals surface area (Å²) < 4.78 is 0. The van der Waals surface area contributed by atoms with Crippen LogP contribution in [0.3, 0.4) is 0 Å². The van der Waals surface area contributed by atoms with Crippen molar-refractivity contribution >= 4 is 11.9 Å². The number of urea groups is 1. The van der Waals surface area contributed by atoms with E-state index in [2.05, 4.69) is 34.9 Å². The van der Waals surface area contributed by atoms with Crippen molar-refractivity contribution in [1.29, 1.82) is 0 Å². The van der Waals surface area contributed by atoms with E-state index >= 15 is 0 Å². The molecule has 3 aliphatic heterocycles. The molecule has 3 saturated heterocycles. The molecule has 0 aromatic heterocycles. The van der Waals surface area contributed by atoms with E-state index in [1.54, 1.807) is 4.90 Å². The zero-order valence-corrected chi connectivity index (χ0v) is 18.0. The van der Waals surface area contributed by atoms with Crippen LogP contribution < -0.4 is 0 Å². The summed E-state index contributed by atoms with van der Waals surface area (Å²) in [6.45, 7) is 7.02. The molecule has 0 spiro atoms. The molecular formula is C23H34N4O2. The van der Waals surface area contributed by atoms with E-state index < -0.39 is 0 Å². The highest BCUT2D eigenvalue weighted by atomic mass is 16.2. The van der Waals surface area contributed by atoms with E-state index in [-0.39, 0.29) is 18.0 Å². The van der Waals surface area contributed by atoms with Gasteiger partial charge in [-0.25, -0.2) is 4.79 Å². The molecule has 29 heavy (non-hydrogen) atoms. The molecule has 3 heterocycles. The zero-order chi connectivity index (χ0) is 20.5. The average Bonchev–Trinajstić information content (AvgIpc) is 3.27. The van der Waals surface area contributed by atoms with E-state index in [0.29, 0.717) is 18.4 Å². The second-order valence-electron chi connectivity index (χ2n) is 9.19. The highest BCUT2D eigenvalue weighted by Crippen LogP contribution is 2.46. The summed E-state index contributed by atoms with van der Waals surface area (Å²) in [5, 5.41) is 0. The quantitative estimate of drug-likeness (QED) is 0.786. The number of hydrogen-bond donors (Lipinski definition) is 0. The van der Waals surface area contributed by atoms with Crippen molar-refractivity contribution in [1.82, 2.24) is 19.6 Å². The first-order valence-corrected chi connectivity index (χ1v) is 11.0. The number of fused-ring (bicyclic) bond motifs is 1. The van der Waals surface area contributed by atoms with Crippen LogP contribution in [-0.4, -0.2) is 84.9 Å². The lowest BCUT2D eigenvalue weighted by Crippen LogP contribution is -2.44. The molecule has 0 saturated carbocycles. The second kappa shape index (κ2) is 8.34. The lowest BCUT2D eigenvalue weighted by Gasteiger charge is -2.33. The van der Waals surface area contributed by atoms with Crippen molar-refractivity contribution in [2.75, 3.05) is 53.4 Å². The largest absolute Gasteiger partial charge is 0.341 e. The Morgan fingerprint density at radius 2 is 1.76 bits per heavy atom. The molecule has 6 nitrogen and oxygen atoms in total. The van der Waals surface area contributed by atoms with Crippen LogP contribution >= 0.6 is 0 Å². The molecule has 158 valence electrons. The predicted molar refractivity (Wildman–Crippen MR) is 114 cm³/mol. The number of carbonyl (C=O) groups is 2. The number of piperidine rings is 1. The maximum atomic E-state index is 13.0. The molecule has 3 aliphatic rings. The van der Waals surface area contributed by atoms with Crippen LogP contribution in [0.15, 0.2) is 24.3 Å². The molecule has 3 atom stereocenters. The molecule has 3 fully saturated rings. The maximum absolute atomic E-state index is 13.0. The normalized spacial score (nSPS) is 27.2. The molecule has 0 bridgehead atoms. The number of carbonyl (C=O) groups excluding carboxylic acids is 2. The van der Waals surface area contributed by atoms with Gasteiger partial charge >= 0.3 is 6.03 Å². The fraction of sp³-hybridized carbons (Fsp3) is 0.652. The van der Waals surface area contributed by atoms with Crippen LogP contribution in [0.5, 0.6) is 0 Å². The van der Waals surface area contributed by atoms with Crippen LogP contribution in [0.25, 0.3) is 0 Å². The van der Waals surface area contributed by atoms with Gasteiger partial charge < -0.3 is 14.7 Å². The molecule has 1 aromatic carbocycles. The van der Waals surface area contributed by atoms with Crippen LogP contribution in [-0.2, 0) is 4.79 Å². The van der Waals surface area contributed by atoms with Gasteiger partial charge in [0.05, 0.1) is 12.6 Å². The molecule has 1 aromatic rings. The van der Waals surface area contributed by atoms with E-state index in [1.807, 2.05) is 25.1 Å². The number of aryl methyl sites for hydroxylation is 1. The van der Waals surface area contributed by atoms with Gasteiger partial charge in [0, 0.05) is 45.6 Å². The van der Waals surface area contributed by atoms with Crippen molar-refractivity contribution in [3.63, 3.8) is 0 Å². The minimum Gasteiger partial charge on any atom is -0.341 e. The lowest BCUT2D eigenvalue weighted by molar-refractivity contribution is -0.132. The Bertz CT molecular complexity index is 759. The van der Waals surface area contributed by atoms with Crippen molar-refractivity contribution < 1.29 is 9.59 Å². The first-order chi connectivity index (χ1) is 14.0. The molecule has 6 heteroatoms. The van der Waals surface area contributed by atoms with E-state index in [0.717, 1.165) is 32.7 Å². The minimum atomic E-state index is 0.0453. The molecule has 0 aliphatic carbocycles. The number of nitrogens with zero attached hydrogens (tertiary/aromatic N) is 4. The number of hydrogen-bond acceptors (Lipinski definition) is 3. The Kier molecular flexibility index (Phi) is 5.81. The molecule has 0 unspecified atom stereocenters. The van der Waals surface area contributed by atoms with Gasteiger partial charge in [-0.3, -0.25) is 9.69 Å². The summed E-state index contributed by atoms with van der Waals surface area (Å²) in [4.78, 5) is 34.0. The van der Waals surface area contributed by atoms with Crippen LogP contribution in [0.1, 0.15) is 36.4 Å². The summed E-state index contributed by atoms with van der Waals surface area (Å²) in [5.74, 6) is 0.925. The molecule has 4 rings (SSSR count). The highest BCUT2D eigenvalue weighted by Gasteiger charge is 2.50. The van der Waals surface area contributed by atoms with E-state index in [9.17, 15) is 9.59 Å². The predicted octanol–water partition coefficient (Wildman–Crippen LogP) is 2.59. The van der Waals surface area contributed by atoms with E-state index in [4.69, 9.17) is 0 Å². The Labute approximate surface area is 174 Å². The smallest absolute Gasteiger partial charge is 0.320 e. The van der Waals surface area contributed by atoms with Crippen LogP contribution in [0.2, 0.25) is 0 Å². The summed E-state index contributed by atoms with van der Waals surface area (Å²) in [6, 6.07) is 8.49. The van der Waals surface area contributed by atoms with Crippen LogP contribution in [0.4, 0.5) is 4.79 Å². The number of benzene rings is 1. The second-order valence-corrected chi connectivity index (χ2v) is 9.19. The van der Waals surface area contributed by atoms with Gasteiger partial charge in [0.15, 0.2) is 0 Å². The summed E-state index contributed by atoms with van der Waals surface area (Å²) in [6.07, 6.45) is 3.69. The average molecular weight is 399 g/mol. The van der Waals surface area contributed by atoms with Gasteiger partial charge in [0.1, 0.15) is 0 Å². The Morgan fingerprint density at radius 3 is 2.45 bits per heavy atom. The first-order valence-electron chi connectivity index (χ1n) is 11.0. The molecular weight excluding hydrogens is 364 g/mol. The van der Waals surface area contributed by atoms with Gasteiger partial charge in [0.2, 0.25) is 5.91 Å². The standard InChI is InChI=1S/C23H34N4O2/c1-17-9-5-6-10-19(17)22-20-15-26(21(28)16-25-11-7-4-8-12-25)13-18(20)14-27(22)23(29)24(2)3/h5-6,9-10,18,20,22H,4,7-8,11-16H2,1-3H3/t18-,20-,22+/m1/s1. The van der Waals surface area contributed by atoms with Crippen molar-refractivity contribution in [2.24, 2.45) is 11.8 Å². The van der Waals surface area contributed by atoms with Crippen molar-refractivity contribution in [2.45, 2.75) is 32.2 Å². The van der Waals surface area contributed by atoms with Gasteiger partial charge in [-0.15, -0.1) is 0 Å². The Hall–Kier alpha value is -2.08. The Balaban J connectivity index is 1.52. The molecule has 3 amide bonds. The third kappa shape index (κ3) is 4.00. The summed E-state index contributed by atoms with van der Waals surface area (Å²) in [5.41, 5.74) is 2.44. The van der Waals surface area contributed by atoms with E-state index in [1.165, 1.54) is 30.4 Å². The third-order valence-corrected chi connectivity index (χ3v) is 6.96. The van der Waals surface area contributed by atoms with Gasteiger partial charge in [-0.2, -0.15) is 0 Å². The van der Waals surface area contributed by atoms with Gasteiger partial charge in [-0.1, -0.05) is 30.7 Å². The van der Waals surface area contributed by atoms with Gasteiger partial charge in [0.25, 0.3) is 0 Å². The lowest BCUT2D eigenvalue weighted by atomic mass is 9.88. The monoisotopic (exact) mass is 398 g/mol. The molecule has 0 radical (unpaired) electrons. The summed E-state index contributed by atoms with van der Waals surface area (Å²) in [7, 11) is 3.64. The first kappa shape index (κ1) is 20.2. The highest BCUT2D eigenvalue weighted by molar-refractivity contribution is 5.79. The third-order valence-electron chi connectivity index (χ3n) is 6.96. The maximum Gasteiger partial charge on any atom is 0.320 e. The fourth-order valence-corrected chi connectivity index (χ4v) is 5.43. The SMILES string of the molecule is Cc1ccccc1[C@H]1[C@@H]2CN(C(=O)CN3CCCCC3)C[C@@H]2CN1C(=O)N(C)C. The zero-order valence-electron chi connectivity index (χ0n) is 18.0. The number of amides is 3. The molecule has 0 N–H and O–H groups in total. The van der Waals surface area contributed by atoms with Crippen LogP contribution in [0, 0.1) is 18.8 Å². The van der Waals surface area contributed by atoms with Crippen molar-refractivity contribution in [3.05, 3.63) is 35.4 Å². The fourth-order valence-electron chi connectivity index (χ4n) is 5.43. The number of rotatable bonds is 3. The number of likely N-dealkylation sites (tertiary alicyclic amines) is 3. The van der Waals surface area contributed by atoms with Crippen molar-refractivity contribution in [3.8, 4) is 0 Å². The van der Waals surface area contributed by atoms with Gasteiger partial charge in [-0.05, 0) is 44.0 Å². The Morgan fingerprint density at radius 1 is 1.03 bits per heavy atom. The minimum absolute atomic E-state index is 0.0453. The summed E-state index contributed by atoms with van der Waals surface area (Å²) >= 11 is 0. The topological polar surface area (TPSA) is 47.1 Å².